The van der Waals surface area contributed by atoms with Crippen molar-refractivity contribution in [2.45, 2.75) is 12.8 Å². The highest BCUT2D eigenvalue weighted by Gasteiger charge is 1.91. The molecule has 0 aromatic heterocycles. The summed E-state index contributed by atoms with van der Waals surface area (Å²) in [6.07, 6.45) is 16.6. The molecule has 0 bridgehead atoms. The maximum atomic E-state index is 4.29. The van der Waals surface area contributed by atoms with E-state index in [2.05, 4.69) is 51.5 Å². The van der Waals surface area contributed by atoms with E-state index in [9.17, 15) is 0 Å². The van der Waals surface area contributed by atoms with Crippen LogP contribution in [0.2, 0.25) is 0 Å². The Labute approximate surface area is 101 Å². The van der Waals surface area contributed by atoms with Crippen LogP contribution in [-0.2, 0) is 0 Å². The predicted molar refractivity (Wildman–Crippen MR) is 68.0 cm³/mol. The lowest BCUT2D eigenvalue weighted by Gasteiger charge is -1.99. The largest absolute Gasteiger partial charge is 0.354 e. The SMILES string of the molecule is [C]1=C=C=C=C=C1N/C=C/C=NC1=CCCC=C1. The Morgan fingerprint density at radius 2 is 2.24 bits per heavy atom. The number of nitrogens with one attached hydrogen (secondary N) is 1. The third-order valence-electron chi connectivity index (χ3n) is 2.11. The molecule has 0 heterocycles. The first-order valence-electron chi connectivity index (χ1n) is 5.41. The molecule has 1 radical (unpaired) electrons. The minimum absolute atomic E-state index is 0.685. The smallest absolute Gasteiger partial charge is 0.108 e. The third kappa shape index (κ3) is 3.89. The lowest BCUT2D eigenvalue weighted by molar-refractivity contribution is 1.01. The molecule has 0 aliphatic heterocycles. The van der Waals surface area contributed by atoms with Gasteiger partial charge in [-0.15, -0.1) is 0 Å². The number of hydrogen-bond acceptors (Lipinski definition) is 2. The van der Waals surface area contributed by atoms with Crippen molar-refractivity contribution >= 4 is 6.21 Å². The Morgan fingerprint density at radius 3 is 3.00 bits per heavy atom. The molecule has 81 valence electrons. The molecule has 0 aromatic rings. The van der Waals surface area contributed by atoms with Crippen molar-refractivity contribution in [3.05, 3.63) is 70.9 Å². The molecule has 2 nitrogen and oxygen atoms in total. The third-order valence-corrected chi connectivity index (χ3v) is 2.11. The van der Waals surface area contributed by atoms with Crippen molar-refractivity contribution in [3.63, 3.8) is 0 Å². The minimum atomic E-state index is 0.685. The van der Waals surface area contributed by atoms with Gasteiger partial charge in [0.2, 0.25) is 0 Å². The predicted octanol–water partition coefficient (Wildman–Crippen LogP) is 2.72. The Bertz CT molecular complexity index is 574. The van der Waals surface area contributed by atoms with Crippen molar-refractivity contribution in [2.75, 3.05) is 0 Å². The van der Waals surface area contributed by atoms with Crippen molar-refractivity contribution < 1.29 is 0 Å². The summed E-state index contributed by atoms with van der Waals surface area (Å²) < 4.78 is 0. The van der Waals surface area contributed by atoms with Crippen LogP contribution < -0.4 is 5.32 Å². The van der Waals surface area contributed by atoms with Crippen molar-refractivity contribution in [3.8, 4) is 0 Å². The van der Waals surface area contributed by atoms with Crippen LogP contribution in [-0.4, -0.2) is 6.21 Å². The van der Waals surface area contributed by atoms with Gasteiger partial charge < -0.3 is 5.32 Å². The second-order valence-electron chi connectivity index (χ2n) is 3.39. The molecule has 0 aromatic carbocycles. The van der Waals surface area contributed by atoms with Crippen LogP contribution in [0.4, 0.5) is 0 Å². The number of nitrogens with zero attached hydrogens (tertiary/aromatic N) is 1. The molecule has 2 aliphatic carbocycles. The van der Waals surface area contributed by atoms with Crippen LogP contribution in [0.25, 0.3) is 0 Å². The van der Waals surface area contributed by atoms with E-state index in [4.69, 9.17) is 0 Å². The Morgan fingerprint density at radius 1 is 1.24 bits per heavy atom. The van der Waals surface area contributed by atoms with Crippen molar-refractivity contribution in [1.82, 2.24) is 5.32 Å². The molecule has 1 N–H and O–H groups in total. The van der Waals surface area contributed by atoms with Crippen LogP contribution in [0.1, 0.15) is 12.8 Å². The fourth-order valence-electron chi connectivity index (χ4n) is 1.32. The zero-order valence-electron chi connectivity index (χ0n) is 9.33. The summed E-state index contributed by atoms with van der Waals surface area (Å²) >= 11 is 0. The molecule has 2 heteroatoms. The number of allylic oxidation sites excluding steroid dienone is 5. The van der Waals surface area contributed by atoms with Crippen LogP contribution in [0.15, 0.2) is 69.8 Å². The normalized spacial score (nSPS) is 16.9. The highest BCUT2D eigenvalue weighted by Crippen LogP contribution is 2.09. The first-order valence-corrected chi connectivity index (χ1v) is 5.41. The second-order valence-corrected chi connectivity index (χ2v) is 3.39. The number of aliphatic imine (C=N–C) groups is 1. The van der Waals surface area contributed by atoms with E-state index in [-0.39, 0.29) is 0 Å². The van der Waals surface area contributed by atoms with Gasteiger partial charge in [-0.1, -0.05) is 12.2 Å². The van der Waals surface area contributed by atoms with E-state index < -0.39 is 0 Å². The van der Waals surface area contributed by atoms with Gasteiger partial charge >= 0.3 is 0 Å². The fraction of sp³-hybridized carbons (Fsp3) is 0.133. The van der Waals surface area contributed by atoms with Crippen LogP contribution in [0.3, 0.4) is 0 Å². The summed E-state index contributed by atoms with van der Waals surface area (Å²) in [5.41, 5.74) is 12.5. The maximum absolute atomic E-state index is 4.29. The molecule has 0 atom stereocenters. The molecule has 0 amide bonds. The topological polar surface area (TPSA) is 24.4 Å². The first-order chi connectivity index (χ1) is 8.45. The average Bonchev–Trinajstić information content (AvgIpc) is 2.41. The van der Waals surface area contributed by atoms with Gasteiger partial charge in [0.05, 0.1) is 11.8 Å². The van der Waals surface area contributed by atoms with Gasteiger partial charge in [0.1, 0.15) is 5.70 Å². The van der Waals surface area contributed by atoms with Crippen molar-refractivity contribution in [1.29, 1.82) is 0 Å². The summed E-state index contributed by atoms with van der Waals surface area (Å²) in [6.45, 7) is 0. The van der Waals surface area contributed by atoms with E-state index >= 15 is 0 Å². The van der Waals surface area contributed by atoms with Gasteiger partial charge in [-0.3, -0.25) is 4.99 Å². The van der Waals surface area contributed by atoms with Gasteiger partial charge in [-0.05, 0) is 47.9 Å². The highest BCUT2D eigenvalue weighted by molar-refractivity contribution is 5.72. The zero-order chi connectivity index (χ0) is 11.8. The van der Waals surface area contributed by atoms with Gasteiger partial charge in [-0.2, -0.15) is 0 Å². The van der Waals surface area contributed by atoms with Crippen LogP contribution in [0, 0.1) is 6.08 Å². The molecule has 0 fully saturated rings. The van der Waals surface area contributed by atoms with Crippen LogP contribution >= 0.6 is 0 Å². The second kappa shape index (κ2) is 6.20. The lowest BCUT2D eigenvalue weighted by atomic mass is 10.1. The van der Waals surface area contributed by atoms with E-state index in [1.807, 2.05) is 12.2 Å². The van der Waals surface area contributed by atoms with Gasteiger partial charge in [0.15, 0.2) is 0 Å². The molecule has 0 saturated carbocycles. The van der Waals surface area contributed by atoms with E-state index in [1.54, 1.807) is 12.4 Å². The highest BCUT2D eigenvalue weighted by atomic mass is 14.8. The molecule has 0 spiro atoms. The Balaban J connectivity index is 1.82. The minimum Gasteiger partial charge on any atom is -0.354 e. The van der Waals surface area contributed by atoms with E-state index in [0.717, 1.165) is 18.5 Å². The number of hydrogen-bond donors (Lipinski definition) is 1. The zero-order valence-corrected chi connectivity index (χ0v) is 9.33. The summed E-state index contributed by atoms with van der Waals surface area (Å²) in [4.78, 5) is 4.29. The Hall–Kier alpha value is -2.45. The van der Waals surface area contributed by atoms with Gasteiger partial charge in [0, 0.05) is 12.4 Å². The van der Waals surface area contributed by atoms with Crippen molar-refractivity contribution in [2.24, 2.45) is 4.99 Å². The summed E-state index contributed by atoms with van der Waals surface area (Å²) in [5.74, 6) is 0. The average molecular weight is 219 g/mol. The summed E-state index contributed by atoms with van der Waals surface area (Å²) in [6, 6.07) is 0. The molecule has 17 heavy (non-hydrogen) atoms. The molecule has 2 aliphatic rings. The lowest BCUT2D eigenvalue weighted by Crippen LogP contribution is -2.01. The molecular weight excluding hydrogens is 208 g/mol. The molecule has 2 rings (SSSR count). The van der Waals surface area contributed by atoms with E-state index in [1.165, 1.54) is 0 Å². The molecular formula is C15H11N2. The fourth-order valence-corrected chi connectivity index (χ4v) is 1.32. The molecule has 0 unspecified atom stereocenters. The van der Waals surface area contributed by atoms with Gasteiger partial charge in [-0.25, -0.2) is 0 Å². The van der Waals surface area contributed by atoms with E-state index in [0.29, 0.717) is 5.70 Å². The monoisotopic (exact) mass is 219 g/mol. The Kier molecular flexibility index (Phi) is 4.03. The standard InChI is InChI=1S/C15H11N2/c1-3-8-14(9-4-1)16-12-7-13-17-15-10-5-2-6-11-15/h3,7-9,12-13,17H,1,4H2/b13-7+,16-12?. The summed E-state index contributed by atoms with van der Waals surface area (Å²) in [7, 11) is 0. The number of rotatable bonds is 4. The quantitative estimate of drug-likeness (QED) is 0.570. The first kappa shape index (κ1) is 11.0. The maximum Gasteiger partial charge on any atom is 0.108 e. The van der Waals surface area contributed by atoms with Gasteiger partial charge in [0.25, 0.3) is 0 Å². The van der Waals surface area contributed by atoms with Crippen LogP contribution in [0.5, 0.6) is 0 Å². The summed E-state index contributed by atoms with van der Waals surface area (Å²) in [5, 5.41) is 2.98. The molecule has 0 saturated heterocycles.